The van der Waals surface area contributed by atoms with Crippen LogP contribution in [0.15, 0.2) is 60.7 Å². The highest BCUT2D eigenvalue weighted by molar-refractivity contribution is 5.91. The van der Waals surface area contributed by atoms with Crippen molar-refractivity contribution in [3.8, 4) is 0 Å². The molecule has 0 spiro atoms. The predicted molar refractivity (Wildman–Crippen MR) is 83.3 cm³/mol. The Bertz CT molecular complexity index is 622. The number of amides is 1. The third kappa shape index (κ3) is 4.88. The molecule has 0 saturated carbocycles. The van der Waals surface area contributed by atoms with Gasteiger partial charge in [0.1, 0.15) is 5.82 Å². The van der Waals surface area contributed by atoms with Gasteiger partial charge in [0.05, 0.1) is 0 Å². The Balaban J connectivity index is 1.85. The molecule has 1 amide bonds. The van der Waals surface area contributed by atoms with E-state index in [1.807, 2.05) is 30.3 Å². The first-order valence-corrected chi connectivity index (χ1v) is 6.91. The summed E-state index contributed by atoms with van der Waals surface area (Å²) in [6.07, 6.45) is 3.03. The summed E-state index contributed by atoms with van der Waals surface area (Å²) in [5.41, 5.74) is 1.85. The Hall–Kier alpha value is -2.42. The van der Waals surface area contributed by atoms with Crippen molar-refractivity contribution in [3.05, 3.63) is 77.6 Å². The van der Waals surface area contributed by atoms with Crippen LogP contribution in [0.4, 0.5) is 4.39 Å². The van der Waals surface area contributed by atoms with E-state index in [-0.39, 0.29) is 17.6 Å². The highest BCUT2D eigenvalue weighted by Crippen LogP contribution is 2.13. The lowest BCUT2D eigenvalue weighted by atomic mass is 10.0. The van der Waals surface area contributed by atoms with Crippen molar-refractivity contribution in [1.29, 1.82) is 0 Å². The second kappa shape index (κ2) is 7.39. The maximum atomic E-state index is 13.0. The summed E-state index contributed by atoms with van der Waals surface area (Å²) < 4.78 is 13.0. The summed E-state index contributed by atoms with van der Waals surface area (Å²) in [6.45, 7) is 2.63. The van der Waals surface area contributed by atoms with Crippen molar-refractivity contribution in [2.24, 2.45) is 0 Å². The quantitative estimate of drug-likeness (QED) is 0.832. The van der Waals surface area contributed by atoms with Crippen LogP contribution in [0.2, 0.25) is 0 Å². The van der Waals surface area contributed by atoms with Crippen LogP contribution in [0.25, 0.3) is 6.08 Å². The Morgan fingerprint density at radius 2 is 1.95 bits per heavy atom. The van der Waals surface area contributed by atoms with E-state index in [0.717, 1.165) is 0 Å². The first-order valence-electron chi connectivity index (χ1n) is 6.91. The van der Waals surface area contributed by atoms with Crippen molar-refractivity contribution < 1.29 is 9.18 Å². The lowest BCUT2D eigenvalue weighted by Crippen LogP contribution is -2.25. The molecule has 1 unspecified atom stereocenters. The summed E-state index contributed by atoms with van der Waals surface area (Å²) in [7, 11) is 0. The predicted octanol–water partition coefficient (Wildman–Crippen LogP) is 3.76. The van der Waals surface area contributed by atoms with Crippen LogP contribution < -0.4 is 5.32 Å². The lowest BCUT2D eigenvalue weighted by molar-refractivity contribution is -0.116. The molecule has 21 heavy (non-hydrogen) atoms. The Morgan fingerprint density at radius 1 is 1.19 bits per heavy atom. The van der Waals surface area contributed by atoms with E-state index in [9.17, 15) is 9.18 Å². The fourth-order valence-corrected chi connectivity index (χ4v) is 1.99. The summed E-state index contributed by atoms with van der Waals surface area (Å²) in [5, 5.41) is 2.85. The van der Waals surface area contributed by atoms with Gasteiger partial charge in [-0.25, -0.2) is 4.39 Å². The van der Waals surface area contributed by atoms with Crippen molar-refractivity contribution >= 4 is 12.0 Å². The van der Waals surface area contributed by atoms with E-state index < -0.39 is 0 Å². The number of carbonyl (C=O) groups is 1. The Labute approximate surface area is 124 Å². The molecule has 2 rings (SSSR count). The van der Waals surface area contributed by atoms with Gasteiger partial charge in [-0.2, -0.15) is 0 Å². The van der Waals surface area contributed by atoms with Crippen molar-refractivity contribution in [1.82, 2.24) is 5.32 Å². The van der Waals surface area contributed by atoms with Crippen LogP contribution in [0.1, 0.15) is 24.0 Å². The average Bonchev–Trinajstić information content (AvgIpc) is 2.51. The average molecular weight is 283 g/mol. The summed E-state index contributed by atoms with van der Waals surface area (Å²) >= 11 is 0. The van der Waals surface area contributed by atoms with Crippen LogP contribution in [-0.2, 0) is 4.79 Å². The zero-order valence-electron chi connectivity index (χ0n) is 11.9. The van der Waals surface area contributed by atoms with Gasteiger partial charge in [-0.3, -0.25) is 4.79 Å². The summed E-state index contributed by atoms with van der Waals surface area (Å²) in [5.74, 6) is -0.241. The van der Waals surface area contributed by atoms with Gasteiger partial charge in [0.15, 0.2) is 0 Å². The fraction of sp³-hybridized carbons (Fsp3) is 0.167. The molecule has 1 atom stereocenters. The third-order valence-corrected chi connectivity index (χ3v) is 3.23. The molecular formula is C18H18FNO. The van der Waals surface area contributed by atoms with Gasteiger partial charge in [0, 0.05) is 12.6 Å². The molecule has 0 saturated heterocycles. The molecule has 0 fully saturated rings. The van der Waals surface area contributed by atoms with E-state index >= 15 is 0 Å². The molecule has 0 radical (unpaired) electrons. The highest BCUT2D eigenvalue weighted by atomic mass is 19.1. The largest absolute Gasteiger partial charge is 0.352 e. The van der Waals surface area contributed by atoms with Crippen LogP contribution in [0.5, 0.6) is 0 Å². The van der Waals surface area contributed by atoms with Crippen LogP contribution >= 0.6 is 0 Å². The van der Waals surface area contributed by atoms with Crippen LogP contribution in [-0.4, -0.2) is 12.5 Å². The molecule has 1 N–H and O–H groups in total. The SMILES string of the molecule is CC(CNC(=O)C=Cc1cccc(F)c1)c1ccccc1. The maximum absolute atomic E-state index is 13.0. The molecule has 0 aliphatic rings. The highest BCUT2D eigenvalue weighted by Gasteiger charge is 2.05. The standard InChI is InChI=1S/C18H18FNO/c1-14(16-7-3-2-4-8-16)13-20-18(21)11-10-15-6-5-9-17(19)12-15/h2-12,14H,13H2,1H3,(H,20,21). The Morgan fingerprint density at radius 3 is 2.67 bits per heavy atom. The van der Waals surface area contributed by atoms with Crippen LogP contribution in [0, 0.1) is 5.82 Å². The van der Waals surface area contributed by atoms with Gasteiger partial charge < -0.3 is 5.32 Å². The van der Waals surface area contributed by atoms with E-state index in [4.69, 9.17) is 0 Å². The summed E-state index contributed by atoms with van der Waals surface area (Å²) in [4.78, 5) is 11.7. The minimum Gasteiger partial charge on any atom is -0.352 e. The monoisotopic (exact) mass is 283 g/mol. The number of nitrogens with one attached hydrogen (secondary N) is 1. The lowest BCUT2D eigenvalue weighted by Gasteiger charge is -2.11. The molecule has 2 aromatic rings. The minimum absolute atomic E-state index is 0.179. The van der Waals surface area contributed by atoms with Gasteiger partial charge in [-0.05, 0) is 35.3 Å². The first-order chi connectivity index (χ1) is 10.1. The normalized spacial score (nSPS) is 12.3. The minimum atomic E-state index is -0.310. The maximum Gasteiger partial charge on any atom is 0.244 e. The second-order valence-electron chi connectivity index (χ2n) is 4.95. The van der Waals surface area contributed by atoms with Crippen molar-refractivity contribution in [3.63, 3.8) is 0 Å². The van der Waals surface area contributed by atoms with E-state index in [1.54, 1.807) is 18.2 Å². The number of hydrogen-bond acceptors (Lipinski definition) is 1. The van der Waals surface area contributed by atoms with Crippen molar-refractivity contribution in [2.45, 2.75) is 12.8 Å². The third-order valence-electron chi connectivity index (χ3n) is 3.23. The molecule has 108 valence electrons. The second-order valence-corrected chi connectivity index (χ2v) is 4.95. The summed E-state index contributed by atoms with van der Waals surface area (Å²) in [6, 6.07) is 16.1. The zero-order chi connectivity index (χ0) is 15.1. The molecule has 3 heteroatoms. The van der Waals surface area contributed by atoms with E-state index in [2.05, 4.69) is 12.2 Å². The number of benzene rings is 2. The number of rotatable bonds is 5. The van der Waals surface area contributed by atoms with Crippen LogP contribution in [0.3, 0.4) is 0 Å². The molecular weight excluding hydrogens is 265 g/mol. The molecule has 2 nitrogen and oxygen atoms in total. The first kappa shape index (κ1) is 15.0. The van der Waals surface area contributed by atoms with Crippen molar-refractivity contribution in [2.75, 3.05) is 6.54 Å². The van der Waals surface area contributed by atoms with Gasteiger partial charge in [0.25, 0.3) is 0 Å². The molecule has 0 heterocycles. The van der Waals surface area contributed by atoms with Gasteiger partial charge in [-0.15, -0.1) is 0 Å². The molecule has 0 aliphatic heterocycles. The molecule has 0 aromatic heterocycles. The fourth-order valence-electron chi connectivity index (χ4n) is 1.99. The topological polar surface area (TPSA) is 29.1 Å². The zero-order valence-corrected chi connectivity index (χ0v) is 11.9. The number of hydrogen-bond donors (Lipinski definition) is 1. The number of halogens is 1. The number of carbonyl (C=O) groups excluding carboxylic acids is 1. The molecule has 0 aliphatic carbocycles. The Kier molecular flexibility index (Phi) is 5.27. The molecule has 0 bridgehead atoms. The van der Waals surface area contributed by atoms with E-state index in [0.29, 0.717) is 12.1 Å². The van der Waals surface area contributed by atoms with Gasteiger partial charge >= 0.3 is 0 Å². The molecule has 2 aromatic carbocycles. The van der Waals surface area contributed by atoms with E-state index in [1.165, 1.54) is 23.8 Å². The van der Waals surface area contributed by atoms with Gasteiger partial charge in [-0.1, -0.05) is 49.4 Å². The smallest absolute Gasteiger partial charge is 0.244 e. The van der Waals surface area contributed by atoms with Gasteiger partial charge in [0.2, 0.25) is 5.91 Å².